The molecule has 1 aliphatic heterocycles. The number of rotatable bonds is 5. The Bertz CT molecular complexity index is 367. The maximum atomic E-state index is 11.7. The lowest BCUT2D eigenvalue weighted by molar-refractivity contribution is -0.144. The van der Waals surface area contributed by atoms with Crippen LogP contribution in [-0.2, 0) is 16.0 Å². The van der Waals surface area contributed by atoms with Gasteiger partial charge in [-0.15, -0.1) is 0 Å². The maximum Gasteiger partial charge on any atom is 0.328 e. The van der Waals surface area contributed by atoms with Gasteiger partial charge >= 0.3 is 5.97 Å². The molecule has 0 bridgehead atoms. The molecule has 1 aliphatic rings. The normalized spacial score (nSPS) is 17.4. The lowest BCUT2D eigenvalue weighted by atomic mass is 10.1. The average molecular weight is 235 g/mol. The number of benzene rings is 1. The zero-order chi connectivity index (χ0) is 12.1. The number of aliphatic hydroxyl groups excluding tert-OH is 1. The number of para-hydroxylation sites is 1. The molecule has 2 rings (SSSR count). The van der Waals surface area contributed by atoms with E-state index in [4.69, 9.17) is 9.84 Å². The summed E-state index contributed by atoms with van der Waals surface area (Å²) in [5, 5.41) is 11.8. The fourth-order valence-electron chi connectivity index (χ4n) is 1.93. The fraction of sp³-hybridized carbons (Fsp3) is 0.462. The lowest BCUT2D eigenvalue weighted by Crippen LogP contribution is -2.29. The van der Waals surface area contributed by atoms with Crippen LogP contribution < -0.4 is 5.32 Å². The van der Waals surface area contributed by atoms with Crippen LogP contribution >= 0.6 is 0 Å². The summed E-state index contributed by atoms with van der Waals surface area (Å²) in [6.45, 7) is 0.526. The Morgan fingerprint density at radius 2 is 2.24 bits per heavy atom. The topological polar surface area (TPSA) is 58.6 Å². The fourth-order valence-corrected chi connectivity index (χ4v) is 1.93. The Morgan fingerprint density at radius 3 is 3.00 bits per heavy atom. The first kappa shape index (κ1) is 11.9. The molecule has 0 aromatic heterocycles. The number of anilines is 1. The highest BCUT2D eigenvalue weighted by Crippen LogP contribution is 2.25. The van der Waals surface area contributed by atoms with E-state index in [2.05, 4.69) is 5.32 Å². The van der Waals surface area contributed by atoms with Crippen molar-refractivity contribution in [2.24, 2.45) is 0 Å². The summed E-state index contributed by atoms with van der Waals surface area (Å²) in [7, 11) is 0. The first-order chi connectivity index (χ1) is 8.31. The summed E-state index contributed by atoms with van der Waals surface area (Å²) in [5.74, 6) is -0.209. The number of unbranched alkanes of at least 4 members (excludes halogenated alkanes) is 1. The van der Waals surface area contributed by atoms with Crippen LogP contribution in [0, 0.1) is 0 Å². The maximum absolute atomic E-state index is 11.7. The molecule has 4 nitrogen and oxygen atoms in total. The third-order valence-corrected chi connectivity index (χ3v) is 2.85. The van der Waals surface area contributed by atoms with Crippen LogP contribution in [0.2, 0.25) is 0 Å². The highest BCUT2D eigenvalue weighted by molar-refractivity contribution is 5.82. The molecule has 92 valence electrons. The van der Waals surface area contributed by atoms with Crippen molar-refractivity contribution < 1.29 is 14.6 Å². The molecule has 1 heterocycles. The van der Waals surface area contributed by atoms with Gasteiger partial charge in [0.2, 0.25) is 0 Å². The van der Waals surface area contributed by atoms with Gasteiger partial charge in [-0.3, -0.25) is 0 Å². The largest absolute Gasteiger partial charge is 0.464 e. The van der Waals surface area contributed by atoms with Gasteiger partial charge in [-0.2, -0.15) is 0 Å². The van der Waals surface area contributed by atoms with Crippen LogP contribution in [0.15, 0.2) is 24.3 Å². The monoisotopic (exact) mass is 235 g/mol. The van der Waals surface area contributed by atoms with E-state index in [-0.39, 0.29) is 18.6 Å². The van der Waals surface area contributed by atoms with E-state index in [0.717, 1.165) is 11.3 Å². The molecule has 2 N–H and O–H groups in total. The Balaban J connectivity index is 1.80. The third-order valence-electron chi connectivity index (χ3n) is 2.85. The Kier molecular flexibility index (Phi) is 3.98. The number of ether oxygens (including phenoxy) is 1. The summed E-state index contributed by atoms with van der Waals surface area (Å²) in [4.78, 5) is 11.7. The number of carbonyl (C=O) groups excluding carboxylic acids is 1. The minimum atomic E-state index is -0.262. The lowest BCUT2D eigenvalue weighted by Gasteiger charge is -2.10. The first-order valence-electron chi connectivity index (χ1n) is 5.93. The number of aliphatic hydroxyl groups is 1. The number of nitrogens with one attached hydrogen (secondary N) is 1. The molecule has 0 aliphatic carbocycles. The Hall–Kier alpha value is -1.55. The molecule has 0 fully saturated rings. The van der Waals surface area contributed by atoms with Gasteiger partial charge in [0.1, 0.15) is 6.04 Å². The van der Waals surface area contributed by atoms with Gasteiger partial charge in [-0.05, 0) is 24.5 Å². The van der Waals surface area contributed by atoms with Crippen LogP contribution in [-0.4, -0.2) is 30.3 Å². The van der Waals surface area contributed by atoms with Crippen molar-refractivity contribution in [3.8, 4) is 0 Å². The molecule has 0 saturated heterocycles. The first-order valence-corrected chi connectivity index (χ1v) is 5.93. The van der Waals surface area contributed by atoms with E-state index in [9.17, 15) is 4.79 Å². The number of hydrogen-bond acceptors (Lipinski definition) is 4. The predicted octanol–water partition coefficient (Wildman–Crippen LogP) is 1.34. The molecule has 4 heteroatoms. The smallest absolute Gasteiger partial charge is 0.328 e. The van der Waals surface area contributed by atoms with Gasteiger partial charge in [0, 0.05) is 18.7 Å². The van der Waals surface area contributed by atoms with Crippen LogP contribution in [0.3, 0.4) is 0 Å². The minimum absolute atomic E-state index is 0.144. The highest BCUT2D eigenvalue weighted by Gasteiger charge is 2.27. The van der Waals surface area contributed by atoms with Gasteiger partial charge in [0.05, 0.1) is 6.61 Å². The number of fused-ring (bicyclic) bond motifs is 1. The van der Waals surface area contributed by atoms with Crippen LogP contribution in [0.25, 0.3) is 0 Å². The van der Waals surface area contributed by atoms with E-state index in [1.807, 2.05) is 24.3 Å². The Morgan fingerprint density at radius 1 is 1.41 bits per heavy atom. The zero-order valence-corrected chi connectivity index (χ0v) is 9.69. The minimum Gasteiger partial charge on any atom is -0.464 e. The van der Waals surface area contributed by atoms with Gasteiger partial charge in [-0.1, -0.05) is 18.2 Å². The second-order valence-corrected chi connectivity index (χ2v) is 4.16. The van der Waals surface area contributed by atoms with Gasteiger partial charge in [0.25, 0.3) is 0 Å². The highest BCUT2D eigenvalue weighted by atomic mass is 16.5. The van der Waals surface area contributed by atoms with Gasteiger partial charge in [0.15, 0.2) is 0 Å². The van der Waals surface area contributed by atoms with E-state index >= 15 is 0 Å². The van der Waals surface area contributed by atoms with Crippen LogP contribution in [0.4, 0.5) is 5.69 Å². The van der Waals surface area contributed by atoms with Crippen LogP contribution in [0.5, 0.6) is 0 Å². The Labute approximate surface area is 101 Å². The van der Waals surface area contributed by atoms with Gasteiger partial charge < -0.3 is 15.2 Å². The summed E-state index contributed by atoms with van der Waals surface area (Å²) in [6, 6.07) is 7.63. The number of carbonyl (C=O) groups is 1. The zero-order valence-electron chi connectivity index (χ0n) is 9.69. The standard InChI is InChI=1S/C13H17NO3/c15-7-3-4-8-17-13(16)12-9-10-5-1-2-6-11(10)14-12/h1-2,5-6,12,14-15H,3-4,7-9H2. The van der Waals surface area contributed by atoms with E-state index < -0.39 is 0 Å². The molecule has 17 heavy (non-hydrogen) atoms. The van der Waals surface area contributed by atoms with Crippen molar-refractivity contribution in [2.75, 3.05) is 18.5 Å². The number of esters is 1. The SMILES string of the molecule is O=C(OCCCCO)C1Cc2ccccc2N1. The molecular weight excluding hydrogens is 218 g/mol. The second kappa shape index (κ2) is 5.68. The number of hydrogen-bond donors (Lipinski definition) is 2. The molecule has 0 amide bonds. The van der Waals surface area contributed by atoms with Crippen LogP contribution in [0.1, 0.15) is 18.4 Å². The molecular formula is C13H17NO3. The summed E-state index contributed by atoms with van der Waals surface area (Å²) in [5.41, 5.74) is 2.18. The average Bonchev–Trinajstić information content (AvgIpc) is 2.78. The predicted molar refractivity (Wildman–Crippen MR) is 64.8 cm³/mol. The van der Waals surface area contributed by atoms with Crippen molar-refractivity contribution in [1.29, 1.82) is 0 Å². The molecule has 1 atom stereocenters. The van der Waals surface area contributed by atoms with Crippen molar-refractivity contribution in [1.82, 2.24) is 0 Å². The van der Waals surface area contributed by atoms with E-state index in [1.54, 1.807) is 0 Å². The molecule has 1 unspecified atom stereocenters. The molecule has 1 aromatic carbocycles. The summed E-state index contributed by atoms with van der Waals surface area (Å²) >= 11 is 0. The molecule has 0 radical (unpaired) electrons. The van der Waals surface area contributed by atoms with Crippen molar-refractivity contribution >= 4 is 11.7 Å². The molecule has 0 saturated carbocycles. The van der Waals surface area contributed by atoms with E-state index in [1.165, 1.54) is 0 Å². The third kappa shape index (κ3) is 2.97. The van der Waals surface area contributed by atoms with Gasteiger partial charge in [-0.25, -0.2) is 4.79 Å². The second-order valence-electron chi connectivity index (χ2n) is 4.16. The van der Waals surface area contributed by atoms with Crippen molar-refractivity contribution in [2.45, 2.75) is 25.3 Å². The van der Waals surface area contributed by atoms with Crippen molar-refractivity contribution in [3.05, 3.63) is 29.8 Å². The summed E-state index contributed by atoms with van der Waals surface area (Å²) < 4.78 is 5.15. The van der Waals surface area contributed by atoms with Crippen molar-refractivity contribution in [3.63, 3.8) is 0 Å². The quantitative estimate of drug-likeness (QED) is 0.597. The summed E-state index contributed by atoms with van der Waals surface area (Å²) in [6.07, 6.45) is 2.07. The van der Waals surface area contributed by atoms with E-state index in [0.29, 0.717) is 25.9 Å². The molecule has 0 spiro atoms. The molecule has 1 aromatic rings.